The SMILES string of the molecule is CCC(NC(=O)[C@H](CC(C)C)NC(=O)NCc1ccccc1)C(=O)C(=O)NCc1ccc(C(C)(C)C)cc1. The first-order valence-electron chi connectivity index (χ1n) is 13.2. The Morgan fingerprint density at radius 2 is 1.34 bits per heavy atom. The second kappa shape index (κ2) is 14.3. The molecule has 0 saturated carbocycles. The summed E-state index contributed by atoms with van der Waals surface area (Å²) in [7, 11) is 0. The first-order valence-corrected chi connectivity index (χ1v) is 13.2. The van der Waals surface area contributed by atoms with Gasteiger partial charge in [0.2, 0.25) is 11.7 Å². The van der Waals surface area contributed by atoms with Gasteiger partial charge in [0, 0.05) is 13.1 Å². The lowest BCUT2D eigenvalue weighted by atomic mass is 9.87. The average Bonchev–Trinajstić information content (AvgIpc) is 2.88. The summed E-state index contributed by atoms with van der Waals surface area (Å²) < 4.78 is 0. The molecule has 2 rings (SSSR count). The maximum absolute atomic E-state index is 13.0. The van der Waals surface area contributed by atoms with Crippen LogP contribution in [-0.2, 0) is 32.9 Å². The fourth-order valence-electron chi connectivity index (χ4n) is 3.87. The van der Waals surface area contributed by atoms with Crippen LogP contribution in [0.5, 0.6) is 0 Å². The van der Waals surface area contributed by atoms with Crippen LogP contribution < -0.4 is 21.3 Å². The Balaban J connectivity index is 1.94. The summed E-state index contributed by atoms with van der Waals surface area (Å²) >= 11 is 0. The van der Waals surface area contributed by atoms with Crippen molar-refractivity contribution in [3.05, 3.63) is 71.3 Å². The quantitative estimate of drug-likeness (QED) is 0.316. The van der Waals surface area contributed by atoms with Crippen molar-refractivity contribution >= 4 is 23.6 Å². The van der Waals surface area contributed by atoms with Crippen LogP contribution in [0, 0.1) is 5.92 Å². The van der Waals surface area contributed by atoms with Gasteiger partial charge in [-0.05, 0) is 40.9 Å². The molecule has 8 heteroatoms. The normalized spacial score (nSPS) is 12.8. The minimum Gasteiger partial charge on any atom is -0.345 e. The summed E-state index contributed by atoms with van der Waals surface area (Å²) in [4.78, 5) is 50.9. The Morgan fingerprint density at radius 3 is 1.89 bits per heavy atom. The summed E-state index contributed by atoms with van der Waals surface area (Å²) in [5, 5.41) is 10.8. The second-order valence-corrected chi connectivity index (χ2v) is 11.0. The predicted molar refractivity (Wildman–Crippen MR) is 149 cm³/mol. The second-order valence-electron chi connectivity index (χ2n) is 11.0. The number of nitrogens with one attached hydrogen (secondary N) is 4. The molecule has 0 spiro atoms. The number of urea groups is 1. The number of Topliss-reactive ketones (excluding diaryl/α,β-unsaturated/α-hetero) is 1. The van der Waals surface area contributed by atoms with E-state index >= 15 is 0 Å². The molecule has 2 aromatic rings. The summed E-state index contributed by atoms with van der Waals surface area (Å²) in [6.45, 7) is 12.5. The number of rotatable bonds is 12. The van der Waals surface area contributed by atoms with E-state index in [4.69, 9.17) is 0 Å². The molecule has 0 radical (unpaired) electrons. The van der Waals surface area contributed by atoms with Crippen molar-refractivity contribution in [2.24, 2.45) is 5.92 Å². The molecule has 0 saturated heterocycles. The molecule has 8 nitrogen and oxygen atoms in total. The number of hydrogen-bond acceptors (Lipinski definition) is 4. The topological polar surface area (TPSA) is 116 Å². The van der Waals surface area contributed by atoms with Crippen LogP contribution in [0.1, 0.15) is 71.1 Å². The number of benzene rings is 2. The van der Waals surface area contributed by atoms with Crippen molar-refractivity contribution < 1.29 is 19.2 Å². The third kappa shape index (κ3) is 10.00. The highest BCUT2D eigenvalue weighted by molar-refractivity contribution is 6.38. The fourth-order valence-corrected chi connectivity index (χ4v) is 3.87. The number of carbonyl (C=O) groups excluding carboxylic acids is 4. The molecule has 0 bridgehead atoms. The van der Waals surface area contributed by atoms with Gasteiger partial charge in [0.05, 0.1) is 6.04 Å². The molecule has 206 valence electrons. The lowest BCUT2D eigenvalue weighted by Gasteiger charge is -2.23. The lowest BCUT2D eigenvalue weighted by molar-refractivity contribution is -0.140. The molecular formula is C30H42N4O4. The van der Waals surface area contributed by atoms with Crippen molar-refractivity contribution in [3.8, 4) is 0 Å². The van der Waals surface area contributed by atoms with Gasteiger partial charge in [0.15, 0.2) is 0 Å². The Morgan fingerprint density at radius 1 is 0.763 bits per heavy atom. The van der Waals surface area contributed by atoms with Gasteiger partial charge in [-0.2, -0.15) is 0 Å². The molecule has 0 fully saturated rings. The molecular weight excluding hydrogens is 480 g/mol. The zero-order valence-electron chi connectivity index (χ0n) is 23.4. The van der Waals surface area contributed by atoms with Crippen LogP contribution in [0.4, 0.5) is 4.79 Å². The highest BCUT2D eigenvalue weighted by Crippen LogP contribution is 2.22. The van der Waals surface area contributed by atoms with E-state index < -0.39 is 35.7 Å². The van der Waals surface area contributed by atoms with Crippen molar-refractivity contribution in [3.63, 3.8) is 0 Å². The molecule has 0 aliphatic carbocycles. The van der Waals surface area contributed by atoms with Crippen LogP contribution in [-0.4, -0.2) is 35.7 Å². The fraction of sp³-hybridized carbons (Fsp3) is 0.467. The van der Waals surface area contributed by atoms with Gasteiger partial charge in [-0.3, -0.25) is 14.4 Å². The van der Waals surface area contributed by atoms with Gasteiger partial charge in [-0.25, -0.2) is 4.79 Å². The summed E-state index contributed by atoms with van der Waals surface area (Å²) in [5.74, 6) is -1.86. The van der Waals surface area contributed by atoms with E-state index in [2.05, 4.69) is 42.0 Å². The van der Waals surface area contributed by atoms with Gasteiger partial charge < -0.3 is 21.3 Å². The first kappa shape index (κ1) is 30.5. The summed E-state index contributed by atoms with van der Waals surface area (Å²) in [6.07, 6.45) is 0.624. The van der Waals surface area contributed by atoms with E-state index in [-0.39, 0.29) is 24.3 Å². The molecule has 4 N–H and O–H groups in total. The maximum Gasteiger partial charge on any atom is 0.315 e. The van der Waals surface area contributed by atoms with Crippen LogP contribution in [0.25, 0.3) is 0 Å². The van der Waals surface area contributed by atoms with Gasteiger partial charge in [0.25, 0.3) is 5.91 Å². The molecule has 2 aromatic carbocycles. The molecule has 2 atom stereocenters. The monoisotopic (exact) mass is 522 g/mol. The van der Waals surface area contributed by atoms with Crippen LogP contribution in [0.3, 0.4) is 0 Å². The van der Waals surface area contributed by atoms with Gasteiger partial charge in [0.1, 0.15) is 6.04 Å². The molecule has 4 amide bonds. The molecule has 38 heavy (non-hydrogen) atoms. The van der Waals surface area contributed by atoms with Gasteiger partial charge >= 0.3 is 6.03 Å². The highest BCUT2D eigenvalue weighted by Gasteiger charge is 2.29. The first-order chi connectivity index (χ1) is 17.9. The molecule has 0 aromatic heterocycles. The van der Waals surface area contributed by atoms with Gasteiger partial charge in [-0.15, -0.1) is 0 Å². The number of ketones is 1. The van der Waals surface area contributed by atoms with Crippen molar-refractivity contribution in [1.29, 1.82) is 0 Å². The standard InChI is InChI=1S/C30H42N4O4/c1-7-24(26(35)28(37)31-18-22-13-15-23(16-14-22)30(4,5)6)33-27(36)25(17-20(2)3)34-29(38)32-19-21-11-9-8-10-12-21/h8-16,20,24-25H,7,17-19H2,1-6H3,(H,31,37)(H,33,36)(H2,32,34,38)/t24?,25-/m0/s1. The smallest absolute Gasteiger partial charge is 0.315 e. The summed E-state index contributed by atoms with van der Waals surface area (Å²) in [6, 6.07) is 15.0. The molecule has 0 heterocycles. The van der Waals surface area contributed by atoms with E-state index in [0.717, 1.165) is 11.1 Å². The maximum atomic E-state index is 13.0. The zero-order chi connectivity index (χ0) is 28.3. The van der Waals surface area contributed by atoms with E-state index in [9.17, 15) is 19.2 Å². The number of carbonyl (C=O) groups is 4. The third-order valence-electron chi connectivity index (χ3n) is 6.16. The highest BCUT2D eigenvalue weighted by atomic mass is 16.2. The molecule has 1 unspecified atom stereocenters. The van der Waals surface area contributed by atoms with Crippen LogP contribution >= 0.6 is 0 Å². The van der Waals surface area contributed by atoms with Crippen molar-refractivity contribution in [2.45, 2.75) is 85.0 Å². The van der Waals surface area contributed by atoms with Crippen molar-refractivity contribution in [1.82, 2.24) is 21.3 Å². The van der Waals surface area contributed by atoms with Crippen molar-refractivity contribution in [2.75, 3.05) is 0 Å². The summed E-state index contributed by atoms with van der Waals surface area (Å²) in [5.41, 5.74) is 3.00. The predicted octanol–water partition coefficient (Wildman–Crippen LogP) is 3.98. The third-order valence-corrected chi connectivity index (χ3v) is 6.16. The average molecular weight is 523 g/mol. The van der Waals surface area contributed by atoms with Gasteiger partial charge in [-0.1, -0.05) is 96.1 Å². The Labute approximate surface area is 226 Å². The molecule has 0 aliphatic heterocycles. The Bertz CT molecular complexity index is 1080. The minimum absolute atomic E-state index is 0.0230. The Kier molecular flexibility index (Phi) is 11.5. The van der Waals surface area contributed by atoms with E-state index in [1.54, 1.807) is 6.92 Å². The number of hydrogen-bond donors (Lipinski definition) is 4. The largest absolute Gasteiger partial charge is 0.345 e. The lowest BCUT2D eigenvalue weighted by Crippen LogP contribution is -2.55. The Hall–Kier alpha value is -3.68. The van der Waals surface area contributed by atoms with Crippen LogP contribution in [0.15, 0.2) is 54.6 Å². The van der Waals surface area contributed by atoms with E-state index in [0.29, 0.717) is 13.0 Å². The zero-order valence-corrected chi connectivity index (χ0v) is 23.4. The van der Waals surface area contributed by atoms with E-state index in [1.165, 1.54) is 5.56 Å². The van der Waals surface area contributed by atoms with E-state index in [1.807, 2.05) is 68.4 Å². The minimum atomic E-state index is -0.991. The van der Waals surface area contributed by atoms with Crippen LogP contribution in [0.2, 0.25) is 0 Å². The molecule has 0 aliphatic rings. The number of amides is 4.